The van der Waals surface area contributed by atoms with Crippen molar-refractivity contribution in [3.05, 3.63) is 27.6 Å². The average molecular weight is 265 g/mol. The predicted molar refractivity (Wildman–Crippen MR) is 75.9 cm³/mol. The molecule has 0 aliphatic rings. The third-order valence-electron chi connectivity index (χ3n) is 3.26. The largest absolute Gasteiger partial charge is 0.310 e. The number of rotatable bonds is 5. The third-order valence-corrected chi connectivity index (χ3v) is 4.16. The van der Waals surface area contributed by atoms with Crippen molar-refractivity contribution in [1.29, 1.82) is 0 Å². The molecule has 4 nitrogen and oxygen atoms in total. The van der Waals surface area contributed by atoms with E-state index < -0.39 is 0 Å². The molecule has 0 amide bonds. The Morgan fingerprint density at radius 3 is 2.94 bits per heavy atom. The third kappa shape index (κ3) is 2.97. The molecule has 1 unspecified atom stereocenters. The van der Waals surface area contributed by atoms with E-state index in [0.29, 0.717) is 28.9 Å². The van der Waals surface area contributed by atoms with Gasteiger partial charge in [0, 0.05) is 0 Å². The van der Waals surface area contributed by atoms with E-state index in [9.17, 15) is 4.79 Å². The Morgan fingerprint density at radius 2 is 2.22 bits per heavy atom. The van der Waals surface area contributed by atoms with E-state index in [0.717, 1.165) is 12.1 Å². The van der Waals surface area contributed by atoms with Gasteiger partial charge in [-0.1, -0.05) is 20.8 Å². The molecule has 0 saturated carbocycles. The van der Waals surface area contributed by atoms with Crippen LogP contribution < -0.4 is 10.9 Å². The molecular weight excluding hydrogens is 246 g/mol. The maximum Gasteiger partial charge on any atom is 0.268 e. The summed E-state index contributed by atoms with van der Waals surface area (Å²) in [6.45, 7) is 8.19. The number of nitrogens with zero attached hydrogens (tertiary/aromatic N) is 1. The molecular formula is C13H19N3OS. The first kappa shape index (κ1) is 13.2. The Morgan fingerprint density at radius 1 is 1.44 bits per heavy atom. The van der Waals surface area contributed by atoms with E-state index in [-0.39, 0.29) is 5.56 Å². The number of nitrogens with one attached hydrogen (secondary N) is 2. The Bertz CT molecular complexity index is 573. The van der Waals surface area contributed by atoms with E-state index >= 15 is 0 Å². The van der Waals surface area contributed by atoms with Crippen LogP contribution in [0.25, 0.3) is 10.2 Å². The molecule has 2 aromatic heterocycles. The van der Waals surface area contributed by atoms with E-state index in [1.165, 1.54) is 11.3 Å². The van der Waals surface area contributed by atoms with Gasteiger partial charge in [-0.05, 0) is 29.8 Å². The molecule has 98 valence electrons. The molecule has 0 fully saturated rings. The summed E-state index contributed by atoms with van der Waals surface area (Å²) in [7, 11) is 0. The van der Waals surface area contributed by atoms with Crippen LogP contribution in [0.3, 0.4) is 0 Å². The van der Waals surface area contributed by atoms with Gasteiger partial charge in [0.25, 0.3) is 5.56 Å². The van der Waals surface area contributed by atoms with Gasteiger partial charge < -0.3 is 10.3 Å². The summed E-state index contributed by atoms with van der Waals surface area (Å²) >= 11 is 1.43. The Kier molecular flexibility index (Phi) is 4.14. The first-order valence-corrected chi connectivity index (χ1v) is 7.13. The molecule has 2 aromatic rings. The van der Waals surface area contributed by atoms with Crippen LogP contribution in [0.1, 0.15) is 26.6 Å². The van der Waals surface area contributed by atoms with Gasteiger partial charge in [0.1, 0.15) is 10.5 Å². The highest BCUT2D eigenvalue weighted by molar-refractivity contribution is 7.17. The molecule has 18 heavy (non-hydrogen) atoms. The van der Waals surface area contributed by atoms with Crippen LogP contribution in [0, 0.1) is 11.8 Å². The second kappa shape index (κ2) is 5.63. The van der Waals surface area contributed by atoms with Crippen LogP contribution in [0.4, 0.5) is 0 Å². The molecule has 2 N–H and O–H groups in total. The van der Waals surface area contributed by atoms with Crippen molar-refractivity contribution in [1.82, 2.24) is 15.3 Å². The van der Waals surface area contributed by atoms with Gasteiger partial charge in [-0.2, -0.15) is 0 Å². The SMILES string of the molecule is CC(C)C(C)CNCc1nc2ccsc2c(=O)[nH]1. The van der Waals surface area contributed by atoms with Crippen LogP contribution in [0.5, 0.6) is 0 Å². The predicted octanol–water partition coefficient (Wildman–Crippen LogP) is 2.37. The van der Waals surface area contributed by atoms with E-state index in [1.54, 1.807) is 0 Å². The highest BCUT2D eigenvalue weighted by Gasteiger charge is 2.08. The van der Waals surface area contributed by atoms with Crippen molar-refractivity contribution in [2.45, 2.75) is 27.3 Å². The zero-order valence-electron chi connectivity index (χ0n) is 11.0. The van der Waals surface area contributed by atoms with Crippen molar-refractivity contribution < 1.29 is 0 Å². The maximum absolute atomic E-state index is 11.8. The molecule has 2 rings (SSSR count). The number of hydrogen-bond acceptors (Lipinski definition) is 4. The number of aromatic nitrogens is 2. The topological polar surface area (TPSA) is 57.8 Å². The van der Waals surface area contributed by atoms with Crippen LogP contribution in [-0.4, -0.2) is 16.5 Å². The van der Waals surface area contributed by atoms with Crippen LogP contribution in [0.2, 0.25) is 0 Å². The molecule has 0 saturated heterocycles. The molecule has 0 spiro atoms. The van der Waals surface area contributed by atoms with Gasteiger partial charge in [0.2, 0.25) is 0 Å². The second-order valence-corrected chi connectivity index (χ2v) is 5.92. The average Bonchev–Trinajstić information content (AvgIpc) is 2.77. The van der Waals surface area contributed by atoms with Gasteiger partial charge in [-0.25, -0.2) is 4.98 Å². The number of H-pyrrole nitrogens is 1. The van der Waals surface area contributed by atoms with E-state index in [4.69, 9.17) is 0 Å². The smallest absolute Gasteiger partial charge is 0.268 e. The van der Waals surface area contributed by atoms with Crippen LogP contribution in [-0.2, 0) is 6.54 Å². The van der Waals surface area contributed by atoms with Crippen molar-refractivity contribution in [2.24, 2.45) is 11.8 Å². The molecule has 0 aliphatic heterocycles. The number of aromatic amines is 1. The van der Waals surface area contributed by atoms with Crippen molar-refractivity contribution in [3.8, 4) is 0 Å². The summed E-state index contributed by atoms with van der Waals surface area (Å²) in [5, 5.41) is 5.23. The minimum atomic E-state index is -0.0382. The molecule has 0 aliphatic carbocycles. The monoisotopic (exact) mass is 265 g/mol. The van der Waals surface area contributed by atoms with Crippen molar-refractivity contribution >= 4 is 21.6 Å². The fourth-order valence-corrected chi connectivity index (χ4v) is 2.38. The number of fused-ring (bicyclic) bond motifs is 1. The summed E-state index contributed by atoms with van der Waals surface area (Å²) in [5.41, 5.74) is 0.751. The molecule has 1 atom stereocenters. The van der Waals surface area contributed by atoms with Gasteiger partial charge in [-0.15, -0.1) is 11.3 Å². The Balaban J connectivity index is 2.02. The van der Waals surface area contributed by atoms with Crippen LogP contribution in [0.15, 0.2) is 16.2 Å². The standard InChI is InChI=1S/C13H19N3OS/c1-8(2)9(3)6-14-7-11-15-10-4-5-18-12(10)13(17)16-11/h4-5,8-9,14H,6-7H2,1-3H3,(H,15,16,17). The molecule has 0 bridgehead atoms. The van der Waals surface area contributed by atoms with E-state index in [2.05, 4.69) is 36.1 Å². The lowest BCUT2D eigenvalue weighted by atomic mass is 9.98. The quantitative estimate of drug-likeness (QED) is 0.872. The maximum atomic E-state index is 11.8. The minimum absolute atomic E-state index is 0.0382. The fourth-order valence-electron chi connectivity index (χ4n) is 1.66. The van der Waals surface area contributed by atoms with Crippen LogP contribution >= 0.6 is 11.3 Å². The lowest BCUT2D eigenvalue weighted by molar-refractivity contribution is 0.390. The minimum Gasteiger partial charge on any atom is -0.310 e. The fraction of sp³-hybridized carbons (Fsp3) is 0.538. The summed E-state index contributed by atoms with van der Waals surface area (Å²) in [4.78, 5) is 19.0. The van der Waals surface area contributed by atoms with Crippen molar-refractivity contribution in [3.63, 3.8) is 0 Å². The Hall–Kier alpha value is -1.20. The lowest BCUT2D eigenvalue weighted by Crippen LogP contribution is -2.25. The lowest BCUT2D eigenvalue weighted by Gasteiger charge is -2.15. The summed E-state index contributed by atoms with van der Waals surface area (Å²) in [6, 6.07) is 1.88. The summed E-state index contributed by atoms with van der Waals surface area (Å²) < 4.78 is 0.703. The highest BCUT2D eigenvalue weighted by atomic mass is 32.1. The summed E-state index contributed by atoms with van der Waals surface area (Å²) in [6.07, 6.45) is 0. The first-order valence-electron chi connectivity index (χ1n) is 6.25. The van der Waals surface area contributed by atoms with Gasteiger partial charge in [0.15, 0.2) is 0 Å². The molecule has 5 heteroatoms. The van der Waals surface area contributed by atoms with Crippen molar-refractivity contribution in [2.75, 3.05) is 6.54 Å². The first-order chi connectivity index (χ1) is 8.58. The normalized spacial score (nSPS) is 13.3. The molecule has 2 heterocycles. The summed E-state index contributed by atoms with van der Waals surface area (Å²) in [5.74, 6) is 1.98. The molecule has 0 aromatic carbocycles. The highest BCUT2D eigenvalue weighted by Crippen LogP contribution is 2.13. The second-order valence-electron chi connectivity index (χ2n) is 5.00. The number of hydrogen-bond donors (Lipinski definition) is 2. The van der Waals surface area contributed by atoms with Gasteiger partial charge in [0.05, 0.1) is 12.1 Å². The van der Waals surface area contributed by atoms with Gasteiger partial charge in [-0.3, -0.25) is 4.79 Å². The van der Waals surface area contributed by atoms with E-state index in [1.807, 2.05) is 11.4 Å². The zero-order valence-corrected chi connectivity index (χ0v) is 11.8. The Labute approximate surface area is 110 Å². The molecule has 0 radical (unpaired) electrons. The number of thiophene rings is 1. The van der Waals surface area contributed by atoms with Gasteiger partial charge >= 0.3 is 0 Å². The zero-order chi connectivity index (χ0) is 13.1.